The summed E-state index contributed by atoms with van der Waals surface area (Å²) >= 11 is 0. The van der Waals surface area contributed by atoms with Crippen molar-refractivity contribution in [2.75, 3.05) is 6.61 Å². The Morgan fingerprint density at radius 1 is 1.36 bits per heavy atom. The largest absolute Gasteiger partial charge is 0.493 e. The van der Waals surface area contributed by atoms with Gasteiger partial charge in [-0.3, -0.25) is 0 Å². The fourth-order valence-electron chi connectivity index (χ4n) is 2.41. The second-order valence-corrected chi connectivity index (χ2v) is 4.06. The van der Waals surface area contributed by atoms with Gasteiger partial charge in [-0.2, -0.15) is 0 Å². The monoisotopic (exact) mass is 255 g/mol. The van der Waals surface area contributed by atoms with Crippen LogP contribution in [-0.4, -0.2) is 12.6 Å². The maximum Gasteiger partial charge on any atom is 0.123 e. The zero-order chi connectivity index (χ0) is 8.89. The Hall–Kier alpha value is -0.540. The van der Waals surface area contributed by atoms with Crippen molar-refractivity contribution in [2.24, 2.45) is 5.73 Å². The lowest BCUT2D eigenvalue weighted by atomic mass is 9.89. The molecule has 2 unspecified atom stereocenters. The van der Waals surface area contributed by atoms with Gasteiger partial charge < -0.3 is 10.5 Å². The molecule has 1 aliphatic heterocycles. The normalized spacial score (nSPS) is 32.8. The SMILES string of the molecule is Br.NC1CC12CCOc1ccccc12. The molecule has 76 valence electrons. The molecule has 0 radical (unpaired) electrons. The van der Waals surface area contributed by atoms with Gasteiger partial charge in [-0.25, -0.2) is 0 Å². The number of para-hydroxylation sites is 1. The third-order valence-electron chi connectivity index (χ3n) is 3.36. The van der Waals surface area contributed by atoms with Crippen LogP contribution in [0.4, 0.5) is 0 Å². The van der Waals surface area contributed by atoms with Gasteiger partial charge in [0.15, 0.2) is 0 Å². The molecule has 0 bridgehead atoms. The van der Waals surface area contributed by atoms with Gasteiger partial charge in [-0.15, -0.1) is 17.0 Å². The van der Waals surface area contributed by atoms with Gasteiger partial charge in [0.25, 0.3) is 0 Å². The molecule has 1 aliphatic carbocycles. The van der Waals surface area contributed by atoms with E-state index in [1.807, 2.05) is 12.1 Å². The lowest BCUT2D eigenvalue weighted by Crippen LogP contribution is -2.26. The standard InChI is InChI=1S/C11H13NO.BrH/c12-10-7-11(10)5-6-13-9-4-2-1-3-8(9)11;/h1-4,10H,5-7,12H2;1H. The molecular formula is C11H14BrNO. The highest BCUT2D eigenvalue weighted by Gasteiger charge is 2.55. The number of ether oxygens (including phenoxy) is 1. The number of rotatable bonds is 0. The lowest BCUT2D eigenvalue weighted by Gasteiger charge is -2.26. The second-order valence-electron chi connectivity index (χ2n) is 4.06. The fourth-order valence-corrected chi connectivity index (χ4v) is 2.41. The minimum Gasteiger partial charge on any atom is -0.493 e. The highest BCUT2D eigenvalue weighted by Crippen LogP contribution is 2.54. The van der Waals surface area contributed by atoms with Gasteiger partial charge in [0, 0.05) is 17.0 Å². The molecule has 1 aromatic carbocycles. The highest BCUT2D eigenvalue weighted by molar-refractivity contribution is 8.93. The smallest absolute Gasteiger partial charge is 0.123 e. The Morgan fingerprint density at radius 2 is 2.07 bits per heavy atom. The van der Waals surface area contributed by atoms with Crippen LogP contribution in [-0.2, 0) is 5.41 Å². The van der Waals surface area contributed by atoms with E-state index in [4.69, 9.17) is 10.5 Å². The third kappa shape index (κ3) is 1.19. The van der Waals surface area contributed by atoms with Crippen LogP contribution in [0.3, 0.4) is 0 Å². The number of nitrogens with two attached hydrogens (primary N) is 1. The van der Waals surface area contributed by atoms with E-state index in [1.165, 1.54) is 5.56 Å². The molecule has 2 N–H and O–H groups in total. The molecule has 2 atom stereocenters. The zero-order valence-electron chi connectivity index (χ0n) is 7.90. The van der Waals surface area contributed by atoms with Crippen LogP contribution in [0.15, 0.2) is 24.3 Å². The summed E-state index contributed by atoms with van der Waals surface area (Å²) in [4.78, 5) is 0. The average molecular weight is 256 g/mol. The molecule has 3 heteroatoms. The summed E-state index contributed by atoms with van der Waals surface area (Å²) in [5.74, 6) is 1.04. The Balaban J connectivity index is 0.000000750. The van der Waals surface area contributed by atoms with Crippen molar-refractivity contribution in [3.05, 3.63) is 29.8 Å². The van der Waals surface area contributed by atoms with E-state index in [0.717, 1.165) is 25.2 Å². The van der Waals surface area contributed by atoms with Crippen molar-refractivity contribution >= 4 is 17.0 Å². The summed E-state index contributed by atoms with van der Waals surface area (Å²) in [7, 11) is 0. The predicted octanol–water partition coefficient (Wildman–Crippen LogP) is 2.02. The van der Waals surface area contributed by atoms with E-state index in [2.05, 4.69) is 12.1 Å². The Kier molecular flexibility index (Phi) is 2.32. The van der Waals surface area contributed by atoms with E-state index in [9.17, 15) is 0 Å². The maximum atomic E-state index is 5.99. The maximum absolute atomic E-state index is 5.99. The minimum atomic E-state index is 0. The molecule has 1 saturated carbocycles. The number of halogens is 1. The van der Waals surface area contributed by atoms with Gasteiger partial charge in [-0.05, 0) is 18.9 Å². The second kappa shape index (κ2) is 3.24. The van der Waals surface area contributed by atoms with Gasteiger partial charge in [0.2, 0.25) is 0 Å². The van der Waals surface area contributed by atoms with Gasteiger partial charge in [0.1, 0.15) is 5.75 Å². The van der Waals surface area contributed by atoms with Crippen molar-refractivity contribution in [1.29, 1.82) is 0 Å². The van der Waals surface area contributed by atoms with E-state index in [-0.39, 0.29) is 22.4 Å². The van der Waals surface area contributed by atoms with Gasteiger partial charge in [-0.1, -0.05) is 18.2 Å². The van der Waals surface area contributed by atoms with Crippen LogP contribution in [0.25, 0.3) is 0 Å². The first-order valence-electron chi connectivity index (χ1n) is 4.81. The topological polar surface area (TPSA) is 35.2 Å². The molecule has 1 fully saturated rings. The number of fused-ring (bicyclic) bond motifs is 2. The molecule has 0 saturated heterocycles. The lowest BCUT2D eigenvalue weighted by molar-refractivity contribution is 0.258. The van der Waals surface area contributed by atoms with E-state index in [0.29, 0.717) is 6.04 Å². The molecule has 1 heterocycles. The van der Waals surface area contributed by atoms with Crippen molar-refractivity contribution in [3.8, 4) is 5.75 Å². The Morgan fingerprint density at radius 3 is 2.79 bits per heavy atom. The van der Waals surface area contributed by atoms with Gasteiger partial charge >= 0.3 is 0 Å². The first kappa shape index (κ1) is 9.99. The van der Waals surface area contributed by atoms with Crippen LogP contribution >= 0.6 is 17.0 Å². The van der Waals surface area contributed by atoms with Crippen molar-refractivity contribution in [1.82, 2.24) is 0 Å². The molecule has 1 aromatic rings. The summed E-state index contributed by atoms with van der Waals surface area (Å²) in [6.07, 6.45) is 2.22. The fraction of sp³-hybridized carbons (Fsp3) is 0.455. The zero-order valence-corrected chi connectivity index (χ0v) is 9.61. The number of hydrogen-bond donors (Lipinski definition) is 1. The predicted molar refractivity (Wildman–Crippen MR) is 61.1 cm³/mol. The summed E-state index contributed by atoms with van der Waals surface area (Å²) in [5, 5.41) is 0. The molecule has 14 heavy (non-hydrogen) atoms. The van der Waals surface area contributed by atoms with Crippen molar-refractivity contribution in [2.45, 2.75) is 24.3 Å². The van der Waals surface area contributed by atoms with E-state index < -0.39 is 0 Å². The Bertz CT molecular complexity index is 355. The first-order valence-corrected chi connectivity index (χ1v) is 4.81. The summed E-state index contributed by atoms with van der Waals surface area (Å²) in [5.41, 5.74) is 7.59. The van der Waals surface area contributed by atoms with Crippen LogP contribution in [0.1, 0.15) is 18.4 Å². The van der Waals surface area contributed by atoms with Crippen molar-refractivity contribution < 1.29 is 4.74 Å². The van der Waals surface area contributed by atoms with Crippen molar-refractivity contribution in [3.63, 3.8) is 0 Å². The number of benzene rings is 1. The van der Waals surface area contributed by atoms with E-state index >= 15 is 0 Å². The Labute approximate surface area is 94.2 Å². The third-order valence-corrected chi connectivity index (χ3v) is 3.36. The molecule has 2 aliphatic rings. The highest BCUT2D eigenvalue weighted by atomic mass is 79.9. The molecule has 2 nitrogen and oxygen atoms in total. The van der Waals surface area contributed by atoms with Crippen LogP contribution in [0.5, 0.6) is 5.75 Å². The molecule has 0 amide bonds. The molecule has 1 spiro atoms. The molecule has 0 aromatic heterocycles. The summed E-state index contributed by atoms with van der Waals surface area (Å²) in [6, 6.07) is 8.65. The average Bonchev–Trinajstić information content (AvgIpc) is 2.79. The van der Waals surface area contributed by atoms with Gasteiger partial charge in [0.05, 0.1) is 6.61 Å². The van der Waals surface area contributed by atoms with Crippen LogP contribution in [0, 0.1) is 0 Å². The first-order chi connectivity index (χ1) is 6.33. The summed E-state index contributed by atoms with van der Waals surface area (Å²) < 4.78 is 5.59. The van der Waals surface area contributed by atoms with E-state index in [1.54, 1.807) is 0 Å². The quantitative estimate of drug-likeness (QED) is 0.770. The number of hydrogen-bond acceptors (Lipinski definition) is 2. The minimum absolute atomic E-state index is 0. The molecule has 3 rings (SSSR count). The molecular weight excluding hydrogens is 242 g/mol. The van der Waals surface area contributed by atoms with Crippen LogP contribution < -0.4 is 10.5 Å². The summed E-state index contributed by atoms with van der Waals surface area (Å²) in [6.45, 7) is 0.824. The van der Waals surface area contributed by atoms with Crippen LogP contribution in [0.2, 0.25) is 0 Å².